The third-order valence-corrected chi connectivity index (χ3v) is 4.21. The summed E-state index contributed by atoms with van der Waals surface area (Å²) in [7, 11) is 0. The number of nitrogens with one attached hydrogen (secondary N) is 2. The van der Waals surface area contributed by atoms with Crippen molar-refractivity contribution < 1.29 is 27.2 Å². The number of hydrogen-bond acceptors (Lipinski definition) is 4. The van der Waals surface area contributed by atoms with E-state index in [2.05, 4.69) is 15.8 Å². The first-order chi connectivity index (χ1) is 14.8. The Balaban J connectivity index is 1.50. The molecule has 0 atom stereocenters. The van der Waals surface area contributed by atoms with Gasteiger partial charge in [0.15, 0.2) is 0 Å². The van der Waals surface area contributed by atoms with Crippen LogP contribution in [0.1, 0.15) is 16.9 Å². The van der Waals surface area contributed by atoms with Gasteiger partial charge in [-0.2, -0.15) is 18.3 Å². The Labute approximate surface area is 175 Å². The lowest BCUT2D eigenvalue weighted by molar-refractivity contribution is -0.139. The van der Waals surface area contributed by atoms with E-state index in [4.69, 9.17) is 4.42 Å². The van der Waals surface area contributed by atoms with Crippen molar-refractivity contribution in [2.45, 2.75) is 12.6 Å². The Bertz CT molecular complexity index is 1080. The molecule has 31 heavy (non-hydrogen) atoms. The van der Waals surface area contributed by atoms with Gasteiger partial charge in [-0.05, 0) is 36.2 Å². The maximum Gasteiger partial charge on any atom is 0.416 e. The molecule has 0 fully saturated rings. The van der Waals surface area contributed by atoms with Crippen molar-refractivity contribution in [3.05, 3.63) is 83.6 Å². The van der Waals surface area contributed by atoms with Gasteiger partial charge < -0.3 is 9.73 Å². The number of hydrogen-bond donors (Lipinski definition) is 2. The van der Waals surface area contributed by atoms with E-state index in [9.17, 15) is 22.8 Å². The highest BCUT2D eigenvalue weighted by Gasteiger charge is 2.30. The first kappa shape index (κ1) is 21.8. The largest absolute Gasteiger partial charge is 0.455 e. The number of hydrazone groups is 1. The predicted octanol–water partition coefficient (Wildman–Crippen LogP) is 3.77. The van der Waals surface area contributed by atoms with Crippen molar-refractivity contribution in [2.75, 3.05) is 6.54 Å². The van der Waals surface area contributed by atoms with Crippen LogP contribution >= 0.6 is 0 Å². The van der Waals surface area contributed by atoms with E-state index in [1.54, 1.807) is 0 Å². The summed E-state index contributed by atoms with van der Waals surface area (Å²) in [5.74, 6) is -1.39. The van der Waals surface area contributed by atoms with Crippen molar-refractivity contribution in [1.82, 2.24) is 10.7 Å². The van der Waals surface area contributed by atoms with E-state index >= 15 is 0 Å². The molecule has 6 nitrogen and oxygen atoms in total. The van der Waals surface area contributed by atoms with Gasteiger partial charge >= 0.3 is 18.0 Å². The lowest BCUT2D eigenvalue weighted by atomic mass is 10.1. The molecule has 0 saturated carbocycles. The second kappa shape index (κ2) is 9.75. The average molecular weight is 429 g/mol. The SMILES string of the molecule is O=C(NCCc1ccccc1)C(=O)N/N=C/c1ccc(-c2cccc(C(F)(F)F)c2)o1. The number of amides is 2. The Kier molecular flexibility index (Phi) is 6.86. The fourth-order valence-electron chi connectivity index (χ4n) is 2.68. The van der Waals surface area contributed by atoms with Crippen LogP contribution in [-0.2, 0) is 22.2 Å². The first-order valence-electron chi connectivity index (χ1n) is 9.25. The molecule has 0 radical (unpaired) electrons. The molecular formula is C22H18F3N3O3. The van der Waals surface area contributed by atoms with E-state index < -0.39 is 23.6 Å². The Morgan fingerprint density at radius 1 is 0.968 bits per heavy atom. The predicted molar refractivity (Wildman–Crippen MR) is 108 cm³/mol. The number of halogens is 3. The van der Waals surface area contributed by atoms with E-state index in [1.807, 2.05) is 30.3 Å². The molecule has 0 aliphatic heterocycles. The molecule has 2 amide bonds. The summed E-state index contributed by atoms with van der Waals surface area (Å²) < 4.78 is 43.9. The Morgan fingerprint density at radius 2 is 1.74 bits per heavy atom. The van der Waals surface area contributed by atoms with Gasteiger partial charge in [-0.1, -0.05) is 42.5 Å². The van der Waals surface area contributed by atoms with Gasteiger partial charge in [-0.15, -0.1) is 0 Å². The third-order valence-electron chi connectivity index (χ3n) is 4.21. The van der Waals surface area contributed by atoms with Crippen LogP contribution in [-0.4, -0.2) is 24.6 Å². The van der Waals surface area contributed by atoms with Crippen LogP contribution in [0.4, 0.5) is 13.2 Å². The molecule has 2 aromatic carbocycles. The maximum absolute atomic E-state index is 12.8. The number of alkyl halides is 3. The van der Waals surface area contributed by atoms with Gasteiger partial charge in [-0.3, -0.25) is 9.59 Å². The maximum atomic E-state index is 12.8. The second-order valence-corrected chi connectivity index (χ2v) is 6.47. The smallest absolute Gasteiger partial charge is 0.416 e. The minimum absolute atomic E-state index is 0.192. The summed E-state index contributed by atoms with van der Waals surface area (Å²) >= 11 is 0. The number of furan rings is 1. The fraction of sp³-hybridized carbons (Fsp3) is 0.136. The van der Waals surface area contributed by atoms with Crippen LogP contribution in [0, 0.1) is 0 Å². The van der Waals surface area contributed by atoms with Gasteiger partial charge in [-0.25, -0.2) is 5.43 Å². The van der Waals surface area contributed by atoms with Crippen LogP contribution in [0.25, 0.3) is 11.3 Å². The van der Waals surface area contributed by atoms with Crippen LogP contribution in [0.2, 0.25) is 0 Å². The zero-order chi connectivity index (χ0) is 22.3. The first-order valence-corrected chi connectivity index (χ1v) is 9.25. The molecule has 0 saturated heterocycles. The summed E-state index contributed by atoms with van der Waals surface area (Å²) in [6.45, 7) is 0.290. The highest BCUT2D eigenvalue weighted by molar-refractivity contribution is 6.35. The van der Waals surface area contributed by atoms with Crippen molar-refractivity contribution in [1.29, 1.82) is 0 Å². The van der Waals surface area contributed by atoms with E-state index in [0.29, 0.717) is 13.0 Å². The van der Waals surface area contributed by atoms with Crippen molar-refractivity contribution in [3.63, 3.8) is 0 Å². The van der Waals surface area contributed by atoms with Gasteiger partial charge in [0, 0.05) is 12.1 Å². The Morgan fingerprint density at radius 3 is 2.48 bits per heavy atom. The van der Waals surface area contributed by atoms with Gasteiger partial charge in [0.05, 0.1) is 11.8 Å². The lowest BCUT2D eigenvalue weighted by Crippen LogP contribution is -2.38. The van der Waals surface area contributed by atoms with Crippen LogP contribution in [0.5, 0.6) is 0 Å². The van der Waals surface area contributed by atoms with Crippen LogP contribution < -0.4 is 10.7 Å². The highest BCUT2D eigenvalue weighted by atomic mass is 19.4. The quantitative estimate of drug-likeness (QED) is 0.355. The molecule has 9 heteroatoms. The van der Waals surface area contributed by atoms with E-state index in [0.717, 1.165) is 23.9 Å². The monoisotopic (exact) mass is 429 g/mol. The van der Waals surface area contributed by atoms with Crippen molar-refractivity contribution in [2.24, 2.45) is 5.10 Å². The zero-order valence-electron chi connectivity index (χ0n) is 16.1. The minimum atomic E-state index is -4.46. The lowest BCUT2D eigenvalue weighted by Gasteiger charge is -2.07. The fourth-order valence-corrected chi connectivity index (χ4v) is 2.68. The molecule has 0 unspecified atom stereocenters. The van der Waals surface area contributed by atoms with Crippen molar-refractivity contribution >= 4 is 18.0 Å². The normalized spacial score (nSPS) is 11.5. The molecule has 0 bridgehead atoms. The minimum Gasteiger partial charge on any atom is -0.455 e. The standard InChI is InChI=1S/C22H18F3N3O3/c23-22(24,25)17-8-4-7-16(13-17)19-10-9-18(31-19)14-27-28-21(30)20(29)26-12-11-15-5-2-1-3-6-15/h1-10,13-14H,11-12H2,(H,26,29)(H,28,30)/b27-14+. The summed E-state index contributed by atoms with van der Waals surface area (Å²) in [5, 5.41) is 6.12. The number of rotatable bonds is 6. The van der Waals surface area contributed by atoms with Gasteiger partial charge in [0.2, 0.25) is 0 Å². The van der Waals surface area contributed by atoms with Crippen LogP contribution in [0.3, 0.4) is 0 Å². The van der Waals surface area contributed by atoms with Gasteiger partial charge in [0.1, 0.15) is 11.5 Å². The van der Waals surface area contributed by atoms with Crippen molar-refractivity contribution in [3.8, 4) is 11.3 Å². The number of benzene rings is 2. The molecule has 2 N–H and O–H groups in total. The summed E-state index contributed by atoms with van der Waals surface area (Å²) in [6, 6.07) is 17.1. The van der Waals surface area contributed by atoms with E-state index in [1.165, 1.54) is 24.3 Å². The molecule has 1 aromatic heterocycles. The molecule has 0 aliphatic carbocycles. The number of carbonyl (C=O) groups excluding carboxylic acids is 2. The molecule has 0 spiro atoms. The molecule has 3 rings (SSSR count). The Hall–Kier alpha value is -3.88. The zero-order valence-corrected chi connectivity index (χ0v) is 16.1. The third kappa shape index (κ3) is 6.30. The summed E-state index contributed by atoms with van der Waals surface area (Å²) in [4.78, 5) is 23.5. The second-order valence-electron chi connectivity index (χ2n) is 6.47. The molecule has 160 valence electrons. The average Bonchev–Trinajstić information content (AvgIpc) is 3.23. The topological polar surface area (TPSA) is 83.7 Å². The van der Waals surface area contributed by atoms with Crippen LogP contribution in [0.15, 0.2) is 76.2 Å². The van der Waals surface area contributed by atoms with Gasteiger partial charge in [0.25, 0.3) is 0 Å². The number of carbonyl (C=O) groups is 2. The summed E-state index contributed by atoms with van der Waals surface area (Å²) in [5.41, 5.74) is 2.55. The molecular weight excluding hydrogens is 411 g/mol. The summed E-state index contributed by atoms with van der Waals surface area (Å²) in [6.07, 6.45) is -2.74. The molecule has 3 aromatic rings. The number of nitrogens with zero attached hydrogens (tertiary/aromatic N) is 1. The molecule has 0 aliphatic rings. The molecule has 1 heterocycles. The highest BCUT2D eigenvalue weighted by Crippen LogP contribution is 2.32. The van der Waals surface area contributed by atoms with E-state index in [-0.39, 0.29) is 17.1 Å².